The zero-order chi connectivity index (χ0) is 21.1. The Hall–Kier alpha value is -1.20. The molecule has 0 saturated carbocycles. The number of hydrogen-bond acceptors (Lipinski definition) is 3. The fourth-order valence-electron chi connectivity index (χ4n) is 1.92. The molecule has 0 aliphatic rings. The molecule has 0 aromatic heterocycles. The van der Waals surface area contributed by atoms with E-state index in [0.717, 1.165) is 23.8 Å². The van der Waals surface area contributed by atoms with Gasteiger partial charge >= 0.3 is 5.97 Å². The minimum absolute atomic E-state index is 0.0658. The van der Waals surface area contributed by atoms with Crippen molar-refractivity contribution in [3.63, 3.8) is 0 Å². The maximum Gasteiger partial charge on any atom is 0.335 e. The van der Waals surface area contributed by atoms with E-state index in [1.807, 2.05) is 52.2 Å². The zero-order valence-electron chi connectivity index (χ0n) is 16.4. The molecule has 2 aromatic carbocycles. The zero-order valence-corrected chi connectivity index (χ0v) is 20.7. The monoisotopic (exact) mass is 596 g/mol. The molecule has 0 aliphatic carbocycles. The molecule has 0 bridgehead atoms. The van der Waals surface area contributed by atoms with Crippen LogP contribution in [0.1, 0.15) is 31.8 Å². The molecule has 148 valence electrons. The molecule has 0 atom stereocenters. The van der Waals surface area contributed by atoms with Crippen molar-refractivity contribution in [2.75, 3.05) is 28.2 Å². The lowest BCUT2D eigenvalue weighted by Gasteiger charge is -2.12. The number of amides is 1. The van der Waals surface area contributed by atoms with Crippen molar-refractivity contribution < 1.29 is 14.7 Å². The predicted molar refractivity (Wildman–Crippen MR) is 128 cm³/mol. The molecule has 0 heterocycles. The van der Waals surface area contributed by atoms with Crippen molar-refractivity contribution in [1.82, 2.24) is 10.2 Å². The van der Waals surface area contributed by atoms with Gasteiger partial charge in [-0.05, 0) is 109 Å². The average molecular weight is 596 g/mol. The van der Waals surface area contributed by atoms with Gasteiger partial charge in [0, 0.05) is 26.8 Å². The van der Waals surface area contributed by atoms with E-state index in [-0.39, 0.29) is 5.91 Å². The summed E-state index contributed by atoms with van der Waals surface area (Å²) < 4.78 is 2.12. The fraction of sp³-hybridized carbons (Fsp3) is 0.300. The summed E-state index contributed by atoms with van der Waals surface area (Å²) in [5.74, 6) is -0.794. The Morgan fingerprint density at radius 3 is 1.59 bits per heavy atom. The second-order valence-electron chi connectivity index (χ2n) is 5.83. The number of hydrogen-bond donors (Lipinski definition) is 2. The molecule has 0 spiro atoms. The van der Waals surface area contributed by atoms with Gasteiger partial charge in [0.25, 0.3) is 5.91 Å². The summed E-state index contributed by atoms with van der Waals surface area (Å²) in [5, 5.41) is 11.4. The summed E-state index contributed by atoms with van der Waals surface area (Å²) >= 11 is 4.36. The first-order valence-electron chi connectivity index (χ1n) is 8.12. The maximum absolute atomic E-state index is 11.6. The highest BCUT2D eigenvalue weighted by Crippen LogP contribution is 2.17. The van der Waals surface area contributed by atoms with Crippen molar-refractivity contribution in [3.8, 4) is 0 Å². The van der Waals surface area contributed by atoms with Crippen LogP contribution in [0.4, 0.5) is 0 Å². The van der Waals surface area contributed by atoms with E-state index in [9.17, 15) is 9.59 Å². The average Bonchev–Trinajstić information content (AvgIpc) is 2.60. The van der Waals surface area contributed by atoms with Crippen molar-refractivity contribution in [1.29, 1.82) is 0 Å². The van der Waals surface area contributed by atoms with Crippen LogP contribution in [0.2, 0.25) is 0 Å². The van der Waals surface area contributed by atoms with E-state index >= 15 is 0 Å². The van der Waals surface area contributed by atoms with Gasteiger partial charge in [-0.2, -0.15) is 0 Å². The van der Waals surface area contributed by atoms with Crippen LogP contribution in [0.15, 0.2) is 36.4 Å². The van der Waals surface area contributed by atoms with E-state index < -0.39 is 5.97 Å². The first kappa shape index (κ1) is 25.8. The van der Waals surface area contributed by atoms with Gasteiger partial charge in [-0.1, -0.05) is 12.1 Å². The standard InChI is InChI=1S/C10H12INO.C8H7IO2.C2H7N/c1-7-8(10(13)12(2)3)5-4-6-9(7)11;1-5-6(8(10)11)3-2-4-7(5)9;1-3-2/h4-6H,1-3H3;2-4H,1H3,(H,10,11);3H,1-2H3. The maximum atomic E-state index is 11.6. The van der Waals surface area contributed by atoms with Gasteiger partial charge in [-0.25, -0.2) is 4.79 Å². The van der Waals surface area contributed by atoms with Crippen molar-refractivity contribution in [3.05, 3.63) is 65.8 Å². The van der Waals surface area contributed by atoms with Crippen molar-refractivity contribution in [2.24, 2.45) is 0 Å². The summed E-state index contributed by atoms with van der Waals surface area (Å²) in [5.41, 5.74) is 3.07. The highest BCUT2D eigenvalue weighted by atomic mass is 127. The van der Waals surface area contributed by atoms with Crippen LogP contribution in [0, 0.1) is 21.0 Å². The SMILES string of the molecule is CNC.Cc1c(I)cccc1C(=O)N(C)C.Cc1c(I)cccc1C(=O)O. The van der Waals surface area contributed by atoms with Gasteiger partial charge in [-0.15, -0.1) is 0 Å². The quantitative estimate of drug-likeness (QED) is 0.504. The van der Waals surface area contributed by atoms with Crippen LogP contribution in [0.5, 0.6) is 0 Å². The van der Waals surface area contributed by atoms with Gasteiger partial charge in [-0.3, -0.25) is 4.79 Å². The molecule has 5 nitrogen and oxygen atoms in total. The van der Waals surface area contributed by atoms with Crippen molar-refractivity contribution in [2.45, 2.75) is 13.8 Å². The molecule has 0 radical (unpaired) electrons. The van der Waals surface area contributed by atoms with Crippen LogP contribution >= 0.6 is 45.2 Å². The fourth-order valence-corrected chi connectivity index (χ4v) is 2.92. The lowest BCUT2D eigenvalue weighted by molar-refractivity contribution is 0.0695. The number of nitrogens with one attached hydrogen (secondary N) is 1. The number of rotatable bonds is 2. The summed E-state index contributed by atoms with van der Waals surface area (Å²) in [6.45, 7) is 3.78. The van der Waals surface area contributed by atoms with Crippen LogP contribution in [-0.4, -0.2) is 50.1 Å². The Bertz CT molecular complexity index is 778. The number of benzene rings is 2. The van der Waals surface area contributed by atoms with Crippen LogP contribution in [0.25, 0.3) is 0 Å². The topological polar surface area (TPSA) is 69.6 Å². The first-order valence-corrected chi connectivity index (χ1v) is 10.3. The molecular formula is C20H26I2N2O3. The number of carboxylic acid groups (broad SMARTS) is 1. The first-order chi connectivity index (χ1) is 12.6. The predicted octanol–water partition coefficient (Wildman–Crippen LogP) is 4.43. The Balaban J connectivity index is 0.000000442. The van der Waals surface area contributed by atoms with E-state index in [1.165, 1.54) is 0 Å². The molecule has 2 N–H and O–H groups in total. The minimum Gasteiger partial charge on any atom is -0.478 e. The van der Waals surface area contributed by atoms with Gasteiger partial charge in [0.2, 0.25) is 0 Å². The van der Waals surface area contributed by atoms with Crippen LogP contribution in [0.3, 0.4) is 0 Å². The van der Waals surface area contributed by atoms with E-state index in [2.05, 4.69) is 50.5 Å². The van der Waals surface area contributed by atoms with E-state index in [4.69, 9.17) is 5.11 Å². The minimum atomic E-state index is -0.860. The summed E-state index contributed by atoms with van der Waals surface area (Å²) in [7, 11) is 7.28. The molecule has 2 rings (SSSR count). The number of aromatic carboxylic acids is 1. The Morgan fingerprint density at radius 2 is 1.26 bits per heavy atom. The lowest BCUT2D eigenvalue weighted by Crippen LogP contribution is -2.22. The highest BCUT2D eigenvalue weighted by Gasteiger charge is 2.11. The molecule has 0 unspecified atom stereocenters. The highest BCUT2D eigenvalue weighted by molar-refractivity contribution is 14.1. The molecule has 2 aromatic rings. The molecule has 0 saturated heterocycles. The second kappa shape index (κ2) is 13.1. The third kappa shape index (κ3) is 8.56. The van der Waals surface area contributed by atoms with Crippen LogP contribution < -0.4 is 5.32 Å². The number of nitrogens with zero attached hydrogens (tertiary/aromatic N) is 1. The van der Waals surface area contributed by atoms with E-state index in [1.54, 1.807) is 31.1 Å². The molecule has 7 heteroatoms. The number of carbonyl (C=O) groups excluding carboxylic acids is 1. The Morgan fingerprint density at radius 1 is 0.889 bits per heavy atom. The smallest absolute Gasteiger partial charge is 0.335 e. The largest absolute Gasteiger partial charge is 0.478 e. The number of carbonyl (C=O) groups is 2. The van der Waals surface area contributed by atoms with Gasteiger partial charge in [0.15, 0.2) is 0 Å². The summed E-state index contributed by atoms with van der Waals surface area (Å²) in [4.78, 5) is 23.8. The second-order valence-corrected chi connectivity index (χ2v) is 8.15. The van der Waals surface area contributed by atoms with Gasteiger partial charge in [0.05, 0.1) is 5.56 Å². The van der Waals surface area contributed by atoms with Gasteiger partial charge in [0.1, 0.15) is 0 Å². The van der Waals surface area contributed by atoms with Crippen molar-refractivity contribution >= 4 is 57.1 Å². The van der Waals surface area contributed by atoms with Crippen LogP contribution in [-0.2, 0) is 0 Å². The molecule has 0 fully saturated rings. The summed E-state index contributed by atoms with van der Waals surface area (Å²) in [6.07, 6.45) is 0. The third-order valence-corrected chi connectivity index (χ3v) is 5.74. The lowest BCUT2D eigenvalue weighted by atomic mass is 10.1. The molecular weight excluding hydrogens is 570 g/mol. The summed E-state index contributed by atoms with van der Waals surface area (Å²) in [6, 6.07) is 11.0. The third-order valence-electron chi connectivity index (χ3n) is 3.40. The normalized spacial score (nSPS) is 9.33. The Kier molecular flexibility index (Phi) is 12.5. The molecule has 27 heavy (non-hydrogen) atoms. The Labute approximate surface area is 188 Å². The van der Waals surface area contributed by atoms with E-state index in [0.29, 0.717) is 5.56 Å². The van der Waals surface area contributed by atoms with Gasteiger partial charge < -0.3 is 15.3 Å². The molecule has 0 aliphatic heterocycles. The number of halogens is 2. The molecule has 1 amide bonds. The number of carboxylic acids is 1.